The summed E-state index contributed by atoms with van der Waals surface area (Å²) in [5, 5.41) is 13.7. The predicted molar refractivity (Wildman–Crippen MR) is 171 cm³/mol. The van der Waals surface area contributed by atoms with Crippen LogP contribution in [0.25, 0.3) is 22.2 Å². The largest absolute Gasteiger partial charge is 0.478 e. The number of benzene rings is 4. The van der Waals surface area contributed by atoms with Crippen LogP contribution >= 0.6 is 11.8 Å². The van der Waals surface area contributed by atoms with Gasteiger partial charge in [-0.05, 0) is 65.3 Å². The maximum atomic E-state index is 13.3. The van der Waals surface area contributed by atoms with Gasteiger partial charge < -0.3 is 15.0 Å². The molecule has 0 saturated heterocycles. The van der Waals surface area contributed by atoms with Gasteiger partial charge in [0.25, 0.3) is 5.91 Å². The van der Waals surface area contributed by atoms with E-state index in [1.54, 1.807) is 23.9 Å². The number of carbonyl (C=O) groups is 2. The van der Waals surface area contributed by atoms with Gasteiger partial charge >= 0.3 is 5.97 Å². The van der Waals surface area contributed by atoms with Crippen molar-refractivity contribution in [3.8, 4) is 11.1 Å². The molecule has 1 heterocycles. The van der Waals surface area contributed by atoms with Crippen molar-refractivity contribution < 1.29 is 14.7 Å². The molecule has 0 saturated carbocycles. The van der Waals surface area contributed by atoms with E-state index in [-0.39, 0.29) is 17.4 Å². The van der Waals surface area contributed by atoms with Gasteiger partial charge in [0, 0.05) is 17.9 Å². The zero-order valence-electron chi connectivity index (χ0n) is 24.1. The highest BCUT2D eigenvalue weighted by Crippen LogP contribution is 2.30. The topological polar surface area (TPSA) is 84.2 Å². The third-order valence-corrected chi connectivity index (χ3v) is 8.59. The average Bonchev–Trinajstić information content (AvgIpc) is 3.36. The van der Waals surface area contributed by atoms with Crippen molar-refractivity contribution in [2.24, 2.45) is 0 Å². The zero-order valence-corrected chi connectivity index (χ0v) is 24.9. The normalized spacial score (nSPS) is 11.9. The molecule has 1 aromatic heterocycles. The summed E-state index contributed by atoms with van der Waals surface area (Å²) in [6, 6.07) is 29.1. The van der Waals surface area contributed by atoms with Crippen molar-refractivity contribution in [3.63, 3.8) is 0 Å². The van der Waals surface area contributed by atoms with Crippen LogP contribution in [0.15, 0.2) is 96.2 Å². The first-order chi connectivity index (χ1) is 20.4. The number of carboxylic acids is 1. The van der Waals surface area contributed by atoms with Crippen molar-refractivity contribution in [3.05, 3.63) is 119 Å². The Labute approximate surface area is 250 Å². The second-order valence-electron chi connectivity index (χ2n) is 10.6. The number of imidazole rings is 1. The number of nitrogens with one attached hydrogen (secondary N) is 1. The molecule has 7 heteroatoms. The summed E-state index contributed by atoms with van der Waals surface area (Å²) in [6.45, 7) is 7.40. The van der Waals surface area contributed by atoms with E-state index in [9.17, 15) is 14.7 Å². The van der Waals surface area contributed by atoms with E-state index in [1.807, 2.05) is 73.7 Å². The van der Waals surface area contributed by atoms with Gasteiger partial charge in [-0.3, -0.25) is 4.79 Å². The Balaban J connectivity index is 1.43. The monoisotopic (exact) mass is 577 g/mol. The lowest BCUT2D eigenvalue weighted by Gasteiger charge is -2.14. The summed E-state index contributed by atoms with van der Waals surface area (Å²) in [7, 11) is 0. The van der Waals surface area contributed by atoms with Gasteiger partial charge in [0.1, 0.15) is 0 Å². The van der Waals surface area contributed by atoms with Gasteiger partial charge in [0.15, 0.2) is 5.16 Å². The quantitative estimate of drug-likeness (QED) is 0.157. The van der Waals surface area contributed by atoms with Crippen LogP contribution in [0.1, 0.15) is 63.6 Å². The lowest BCUT2D eigenvalue weighted by atomic mass is 9.99. The molecule has 4 aromatic carbocycles. The molecule has 1 amide bonds. The fourth-order valence-corrected chi connectivity index (χ4v) is 5.96. The van der Waals surface area contributed by atoms with Crippen LogP contribution in [0.3, 0.4) is 0 Å². The molecule has 0 unspecified atom stereocenters. The summed E-state index contributed by atoms with van der Waals surface area (Å²) in [6.07, 6.45) is 1.03. The van der Waals surface area contributed by atoms with Gasteiger partial charge in [-0.1, -0.05) is 98.4 Å². The van der Waals surface area contributed by atoms with Gasteiger partial charge in [-0.25, -0.2) is 9.78 Å². The van der Waals surface area contributed by atoms with E-state index in [0.29, 0.717) is 24.2 Å². The summed E-state index contributed by atoms with van der Waals surface area (Å²) in [5.74, 6) is 0.104. The number of carboxylic acid groups (broad SMARTS) is 1. The number of nitrogens with zero attached hydrogens (tertiary/aromatic N) is 2. The third kappa shape index (κ3) is 6.42. The molecule has 0 aliphatic carbocycles. The highest BCUT2D eigenvalue weighted by Gasteiger charge is 2.18. The first-order valence-electron chi connectivity index (χ1n) is 14.2. The smallest absolute Gasteiger partial charge is 0.336 e. The minimum atomic E-state index is -0.943. The predicted octanol–water partition coefficient (Wildman–Crippen LogP) is 7.79. The van der Waals surface area contributed by atoms with Crippen molar-refractivity contribution in [1.29, 1.82) is 0 Å². The van der Waals surface area contributed by atoms with Crippen molar-refractivity contribution >= 4 is 34.7 Å². The summed E-state index contributed by atoms with van der Waals surface area (Å²) in [5.41, 5.74) is 7.49. The van der Waals surface area contributed by atoms with Gasteiger partial charge in [-0.15, -0.1) is 0 Å². The number of thioether (sulfide) groups is 1. The number of aryl methyl sites for hydroxylation is 1. The molecule has 42 heavy (non-hydrogen) atoms. The van der Waals surface area contributed by atoms with Crippen molar-refractivity contribution in [2.45, 2.75) is 44.8 Å². The number of rotatable bonds is 11. The maximum absolute atomic E-state index is 13.3. The molecule has 5 aromatic rings. The highest BCUT2D eigenvalue weighted by atomic mass is 32.2. The van der Waals surface area contributed by atoms with E-state index in [1.165, 1.54) is 5.56 Å². The Bertz CT molecular complexity index is 1710. The Hall–Kier alpha value is -4.36. The number of hydrogen-bond donors (Lipinski definition) is 2. The fourth-order valence-electron chi connectivity index (χ4n) is 5.10. The number of carbonyl (C=O) groups excluding carboxylic acids is 1. The molecule has 0 bridgehead atoms. The number of fused-ring (bicyclic) bond motifs is 1. The molecule has 0 aliphatic heterocycles. The number of aromatic carboxylic acids is 1. The van der Waals surface area contributed by atoms with Crippen LogP contribution in [0.5, 0.6) is 0 Å². The highest BCUT2D eigenvalue weighted by molar-refractivity contribution is 7.99. The molecule has 0 spiro atoms. The Morgan fingerprint density at radius 1 is 0.976 bits per heavy atom. The summed E-state index contributed by atoms with van der Waals surface area (Å²) >= 11 is 1.72. The first-order valence-corrected chi connectivity index (χ1v) is 15.2. The summed E-state index contributed by atoms with van der Waals surface area (Å²) < 4.78 is 2.19. The third-order valence-electron chi connectivity index (χ3n) is 7.41. The number of hydrogen-bond acceptors (Lipinski definition) is 4. The molecule has 0 aliphatic rings. The van der Waals surface area contributed by atoms with E-state index in [2.05, 4.69) is 35.9 Å². The van der Waals surface area contributed by atoms with Gasteiger partial charge in [0.05, 0.1) is 23.1 Å². The SMILES string of the molecule is CCCSc1nc2c(C)cc(C(=O)NC[C@@H](C)c3ccccc3)cc2n1Cc1ccc(-c2ccccc2C(=O)O)cc1. The van der Waals surface area contributed by atoms with Crippen LogP contribution in [0.2, 0.25) is 0 Å². The summed E-state index contributed by atoms with van der Waals surface area (Å²) in [4.78, 5) is 30.0. The lowest BCUT2D eigenvalue weighted by Crippen LogP contribution is -2.27. The van der Waals surface area contributed by atoms with E-state index in [0.717, 1.165) is 45.1 Å². The fraction of sp³-hybridized carbons (Fsp3) is 0.229. The Kier molecular flexibility index (Phi) is 9.08. The second kappa shape index (κ2) is 13.1. The van der Waals surface area contributed by atoms with Crippen LogP contribution in [-0.2, 0) is 6.54 Å². The molecule has 0 radical (unpaired) electrons. The van der Waals surface area contributed by atoms with E-state index in [4.69, 9.17) is 4.98 Å². The molecule has 0 fully saturated rings. The molecular weight excluding hydrogens is 542 g/mol. The van der Waals surface area contributed by atoms with Crippen molar-refractivity contribution in [2.75, 3.05) is 12.3 Å². The molecule has 2 N–H and O–H groups in total. The zero-order chi connectivity index (χ0) is 29.6. The first kappa shape index (κ1) is 29.1. The van der Waals surface area contributed by atoms with Crippen molar-refractivity contribution in [1.82, 2.24) is 14.9 Å². The van der Waals surface area contributed by atoms with Crippen LogP contribution in [0.4, 0.5) is 0 Å². The molecule has 6 nitrogen and oxygen atoms in total. The van der Waals surface area contributed by atoms with Gasteiger partial charge in [-0.2, -0.15) is 0 Å². The van der Waals surface area contributed by atoms with E-state index >= 15 is 0 Å². The Morgan fingerprint density at radius 2 is 1.69 bits per heavy atom. The maximum Gasteiger partial charge on any atom is 0.336 e. The minimum Gasteiger partial charge on any atom is -0.478 e. The van der Waals surface area contributed by atoms with E-state index < -0.39 is 5.97 Å². The number of aromatic nitrogens is 2. The average molecular weight is 578 g/mol. The molecule has 5 rings (SSSR count). The van der Waals surface area contributed by atoms with Crippen LogP contribution in [-0.4, -0.2) is 38.8 Å². The standard InChI is InChI=1S/C35H35N3O3S/c1-4-18-42-35-37-32-23(2)19-28(33(39)36-21-24(3)26-10-6-5-7-11-26)20-31(32)38(35)22-25-14-16-27(17-15-25)29-12-8-9-13-30(29)34(40)41/h5-17,19-20,24H,4,18,21-22H2,1-3H3,(H,36,39)(H,40,41)/t24-/m1/s1. The van der Waals surface area contributed by atoms with Crippen LogP contribution in [0, 0.1) is 6.92 Å². The Morgan fingerprint density at radius 3 is 2.40 bits per heavy atom. The molecular formula is C35H35N3O3S. The molecule has 1 atom stereocenters. The minimum absolute atomic E-state index is 0.0975. The van der Waals surface area contributed by atoms with Gasteiger partial charge in [0.2, 0.25) is 0 Å². The number of amides is 1. The van der Waals surface area contributed by atoms with Crippen LogP contribution < -0.4 is 5.32 Å². The second-order valence-corrected chi connectivity index (χ2v) is 11.6. The lowest BCUT2D eigenvalue weighted by molar-refractivity contribution is 0.0697. The molecule has 214 valence electrons.